The molecule has 4 nitrogen and oxygen atoms in total. The van der Waals surface area contributed by atoms with Crippen LogP contribution in [0.4, 0.5) is 5.82 Å². The summed E-state index contributed by atoms with van der Waals surface area (Å²) >= 11 is 12.2. The lowest BCUT2D eigenvalue weighted by Gasteiger charge is -2.12. The molecular formula is C15H13Cl2N3O. The summed E-state index contributed by atoms with van der Waals surface area (Å²) in [6.45, 7) is 4.50. The molecule has 0 aliphatic rings. The van der Waals surface area contributed by atoms with Gasteiger partial charge >= 0.3 is 0 Å². The minimum absolute atomic E-state index is 0.246. The van der Waals surface area contributed by atoms with Crippen molar-refractivity contribution >= 4 is 29.0 Å². The molecule has 0 radical (unpaired) electrons. The van der Waals surface area contributed by atoms with Crippen molar-refractivity contribution in [3.05, 3.63) is 45.4 Å². The maximum absolute atomic E-state index is 8.95. The van der Waals surface area contributed by atoms with Gasteiger partial charge in [0, 0.05) is 6.54 Å². The van der Waals surface area contributed by atoms with E-state index in [2.05, 4.69) is 16.4 Å². The summed E-state index contributed by atoms with van der Waals surface area (Å²) in [6.07, 6.45) is 0. The fourth-order valence-electron chi connectivity index (χ4n) is 1.70. The van der Waals surface area contributed by atoms with Crippen molar-refractivity contribution in [2.75, 3.05) is 11.9 Å². The van der Waals surface area contributed by atoms with Crippen molar-refractivity contribution in [3.8, 4) is 17.7 Å². The zero-order chi connectivity index (χ0) is 15.4. The summed E-state index contributed by atoms with van der Waals surface area (Å²) in [7, 11) is 0. The number of nitrogens with zero attached hydrogens (tertiary/aromatic N) is 2. The SMILES string of the molecule is CCNc1nc(Oc2cc(C#N)ccc2C)c(Cl)cc1Cl. The molecule has 1 aromatic heterocycles. The molecule has 6 heteroatoms. The van der Waals surface area contributed by atoms with E-state index in [0.29, 0.717) is 33.7 Å². The zero-order valence-electron chi connectivity index (χ0n) is 11.6. The number of pyridine rings is 1. The smallest absolute Gasteiger partial charge is 0.240 e. The number of hydrogen-bond acceptors (Lipinski definition) is 4. The predicted octanol–water partition coefficient (Wildman–Crippen LogP) is 4.79. The Bertz CT molecular complexity index is 711. The highest BCUT2D eigenvalue weighted by Crippen LogP contribution is 2.34. The molecule has 0 spiro atoms. The van der Waals surface area contributed by atoms with E-state index in [4.69, 9.17) is 33.2 Å². The lowest BCUT2D eigenvalue weighted by molar-refractivity contribution is 0.460. The predicted molar refractivity (Wildman–Crippen MR) is 84.4 cm³/mol. The molecule has 0 bridgehead atoms. The minimum Gasteiger partial charge on any atom is -0.437 e. The van der Waals surface area contributed by atoms with Gasteiger partial charge in [-0.1, -0.05) is 29.3 Å². The second kappa shape index (κ2) is 6.66. The van der Waals surface area contributed by atoms with Crippen molar-refractivity contribution in [1.82, 2.24) is 4.98 Å². The third kappa shape index (κ3) is 3.57. The average molecular weight is 322 g/mol. The first kappa shape index (κ1) is 15.4. The Hall–Kier alpha value is -1.96. The van der Waals surface area contributed by atoms with Crippen LogP contribution in [0.25, 0.3) is 0 Å². The molecule has 0 atom stereocenters. The number of nitriles is 1. The van der Waals surface area contributed by atoms with Crippen LogP contribution in [0.1, 0.15) is 18.1 Å². The molecular weight excluding hydrogens is 309 g/mol. The number of aromatic nitrogens is 1. The summed E-state index contributed by atoms with van der Waals surface area (Å²) in [6, 6.07) is 8.83. The Morgan fingerprint density at radius 3 is 2.71 bits per heavy atom. The first-order valence-electron chi connectivity index (χ1n) is 6.33. The Kier molecular flexibility index (Phi) is 4.89. The fraction of sp³-hybridized carbons (Fsp3) is 0.200. The van der Waals surface area contributed by atoms with E-state index < -0.39 is 0 Å². The van der Waals surface area contributed by atoms with Gasteiger partial charge in [0.2, 0.25) is 5.88 Å². The van der Waals surface area contributed by atoms with Crippen LogP contribution in [0.2, 0.25) is 10.0 Å². The van der Waals surface area contributed by atoms with Gasteiger partial charge in [0.05, 0.1) is 16.7 Å². The van der Waals surface area contributed by atoms with E-state index in [0.717, 1.165) is 5.56 Å². The number of benzene rings is 1. The van der Waals surface area contributed by atoms with E-state index in [1.165, 1.54) is 0 Å². The number of hydrogen-bond donors (Lipinski definition) is 1. The van der Waals surface area contributed by atoms with E-state index in [9.17, 15) is 0 Å². The molecule has 1 N–H and O–H groups in total. The first-order valence-corrected chi connectivity index (χ1v) is 7.09. The van der Waals surface area contributed by atoms with Crippen LogP contribution in [-0.4, -0.2) is 11.5 Å². The number of halogens is 2. The van der Waals surface area contributed by atoms with E-state index in [1.54, 1.807) is 18.2 Å². The maximum atomic E-state index is 8.95. The van der Waals surface area contributed by atoms with Gasteiger partial charge in [0.15, 0.2) is 0 Å². The topological polar surface area (TPSA) is 57.9 Å². The van der Waals surface area contributed by atoms with Gasteiger partial charge in [0.1, 0.15) is 16.6 Å². The monoisotopic (exact) mass is 321 g/mol. The molecule has 0 saturated heterocycles. The maximum Gasteiger partial charge on any atom is 0.240 e. The summed E-state index contributed by atoms with van der Waals surface area (Å²) in [5.74, 6) is 1.29. The number of nitrogens with one attached hydrogen (secondary N) is 1. The Morgan fingerprint density at radius 2 is 2.05 bits per heavy atom. The van der Waals surface area contributed by atoms with Crippen molar-refractivity contribution in [2.45, 2.75) is 13.8 Å². The van der Waals surface area contributed by atoms with Crippen molar-refractivity contribution in [3.63, 3.8) is 0 Å². The van der Waals surface area contributed by atoms with Gasteiger partial charge in [0.25, 0.3) is 0 Å². The highest BCUT2D eigenvalue weighted by molar-refractivity contribution is 6.36. The lowest BCUT2D eigenvalue weighted by Crippen LogP contribution is -2.02. The molecule has 0 amide bonds. The molecule has 21 heavy (non-hydrogen) atoms. The van der Waals surface area contributed by atoms with Crippen LogP contribution in [0.5, 0.6) is 11.6 Å². The van der Waals surface area contributed by atoms with Crippen LogP contribution in [0, 0.1) is 18.3 Å². The summed E-state index contributed by atoms with van der Waals surface area (Å²) in [4.78, 5) is 4.27. The van der Waals surface area contributed by atoms with Crippen molar-refractivity contribution in [1.29, 1.82) is 5.26 Å². The van der Waals surface area contributed by atoms with Crippen LogP contribution >= 0.6 is 23.2 Å². The Balaban J connectivity index is 2.39. The highest BCUT2D eigenvalue weighted by Gasteiger charge is 2.12. The lowest BCUT2D eigenvalue weighted by atomic mass is 10.1. The highest BCUT2D eigenvalue weighted by atomic mass is 35.5. The van der Waals surface area contributed by atoms with Gasteiger partial charge in [-0.25, -0.2) is 0 Å². The normalized spacial score (nSPS) is 10.0. The molecule has 0 aliphatic heterocycles. The molecule has 1 aromatic carbocycles. The number of rotatable bonds is 4. The quantitative estimate of drug-likeness (QED) is 0.879. The van der Waals surface area contributed by atoms with Crippen LogP contribution < -0.4 is 10.1 Å². The number of anilines is 1. The molecule has 0 saturated carbocycles. The van der Waals surface area contributed by atoms with E-state index >= 15 is 0 Å². The summed E-state index contributed by atoms with van der Waals surface area (Å²) < 4.78 is 5.73. The van der Waals surface area contributed by atoms with Gasteiger partial charge in [-0.2, -0.15) is 10.2 Å². The van der Waals surface area contributed by atoms with Crippen molar-refractivity contribution in [2.24, 2.45) is 0 Å². The third-order valence-electron chi connectivity index (χ3n) is 2.77. The summed E-state index contributed by atoms with van der Waals surface area (Å²) in [5, 5.41) is 12.7. The van der Waals surface area contributed by atoms with Crippen LogP contribution in [-0.2, 0) is 0 Å². The van der Waals surface area contributed by atoms with Gasteiger partial charge < -0.3 is 10.1 Å². The van der Waals surface area contributed by atoms with Gasteiger partial charge in [-0.3, -0.25) is 0 Å². The molecule has 108 valence electrons. The molecule has 2 aromatic rings. The largest absolute Gasteiger partial charge is 0.437 e. The van der Waals surface area contributed by atoms with E-state index in [-0.39, 0.29) is 5.88 Å². The standard InChI is InChI=1S/C15H13Cl2N3O/c1-3-19-14-11(16)7-12(17)15(20-14)21-13-6-10(8-18)5-4-9(13)2/h4-7H,3H2,1-2H3,(H,19,20). The average Bonchev–Trinajstić information content (AvgIpc) is 2.46. The van der Waals surface area contributed by atoms with E-state index in [1.807, 2.05) is 19.9 Å². The van der Waals surface area contributed by atoms with Gasteiger partial charge in [-0.15, -0.1) is 0 Å². The van der Waals surface area contributed by atoms with Gasteiger partial charge in [-0.05, 0) is 37.6 Å². The summed E-state index contributed by atoms with van der Waals surface area (Å²) in [5.41, 5.74) is 1.39. The van der Waals surface area contributed by atoms with Crippen LogP contribution in [0.15, 0.2) is 24.3 Å². The zero-order valence-corrected chi connectivity index (χ0v) is 13.1. The number of aryl methyl sites for hydroxylation is 1. The number of ether oxygens (including phenoxy) is 1. The second-order valence-electron chi connectivity index (χ2n) is 4.33. The second-order valence-corrected chi connectivity index (χ2v) is 5.14. The molecule has 1 heterocycles. The molecule has 0 unspecified atom stereocenters. The molecule has 2 rings (SSSR count). The molecule has 0 fully saturated rings. The first-order chi connectivity index (χ1) is 10.0. The Morgan fingerprint density at radius 1 is 1.29 bits per heavy atom. The fourth-order valence-corrected chi connectivity index (χ4v) is 2.16. The Labute approximate surface area is 133 Å². The third-order valence-corrected chi connectivity index (χ3v) is 3.32. The minimum atomic E-state index is 0.246. The van der Waals surface area contributed by atoms with Crippen molar-refractivity contribution < 1.29 is 4.74 Å². The van der Waals surface area contributed by atoms with Crippen LogP contribution in [0.3, 0.4) is 0 Å². The molecule has 0 aliphatic carbocycles.